The molecule has 0 radical (unpaired) electrons. The van der Waals surface area contributed by atoms with Crippen molar-refractivity contribution in [1.29, 1.82) is 0 Å². The molecule has 0 spiro atoms. The van der Waals surface area contributed by atoms with E-state index in [9.17, 15) is 19.5 Å². The number of Topliss-reactive ketones (excluding diaryl/α,β-unsaturated/α-hetero) is 1. The summed E-state index contributed by atoms with van der Waals surface area (Å²) in [5.74, 6) is 0.128. The van der Waals surface area contributed by atoms with Crippen molar-refractivity contribution < 1.29 is 23.5 Å². The molecule has 1 unspecified atom stereocenters. The smallest absolute Gasteiger partial charge is 0.417 e. The molecule has 0 saturated carbocycles. The Morgan fingerprint density at radius 1 is 1.24 bits per heavy atom. The minimum Gasteiger partial charge on any atom is -0.469 e. The number of carboxylic acid groups (broad SMARTS) is 1. The summed E-state index contributed by atoms with van der Waals surface area (Å²) in [5, 5.41) is 9.47. The Balaban J connectivity index is 1.38. The van der Waals surface area contributed by atoms with Gasteiger partial charge in [-0.25, -0.2) is 9.59 Å². The van der Waals surface area contributed by atoms with E-state index in [-0.39, 0.29) is 11.8 Å². The Morgan fingerprint density at radius 3 is 2.86 bits per heavy atom. The molecule has 152 valence electrons. The second kappa shape index (κ2) is 7.96. The fraction of sp³-hybridized carbons (Fsp3) is 0.350. The summed E-state index contributed by atoms with van der Waals surface area (Å²) < 4.78 is 10.4. The highest BCUT2D eigenvalue weighted by Gasteiger charge is 2.31. The second-order valence-corrected chi connectivity index (χ2v) is 7.11. The average Bonchev–Trinajstić information content (AvgIpc) is 3.33. The largest absolute Gasteiger partial charge is 0.469 e. The third kappa shape index (κ3) is 4.24. The number of piperazine rings is 1. The van der Waals surface area contributed by atoms with Crippen LogP contribution in [0.25, 0.3) is 11.1 Å². The van der Waals surface area contributed by atoms with E-state index in [1.165, 1.54) is 4.90 Å². The second-order valence-electron chi connectivity index (χ2n) is 7.11. The summed E-state index contributed by atoms with van der Waals surface area (Å²) >= 11 is 0. The number of nitrogens with zero attached hydrogens (tertiary/aromatic N) is 2. The molecule has 1 saturated heterocycles. The van der Waals surface area contributed by atoms with Gasteiger partial charge in [0.05, 0.1) is 17.8 Å². The zero-order valence-electron chi connectivity index (χ0n) is 15.7. The molecule has 29 heavy (non-hydrogen) atoms. The number of rotatable bonds is 6. The molecule has 1 aliphatic heterocycles. The predicted octanol–water partition coefficient (Wildman–Crippen LogP) is 2.19. The normalized spacial score (nSPS) is 17.7. The molecule has 3 aromatic rings. The van der Waals surface area contributed by atoms with Gasteiger partial charge in [-0.05, 0) is 30.3 Å². The molecule has 1 atom stereocenters. The summed E-state index contributed by atoms with van der Waals surface area (Å²) in [4.78, 5) is 41.4. The maximum Gasteiger partial charge on any atom is 0.417 e. The van der Waals surface area contributed by atoms with Crippen LogP contribution in [0.4, 0.5) is 4.79 Å². The summed E-state index contributed by atoms with van der Waals surface area (Å²) in [6, 6.07) is 8.27. The van der Waals surface area contributed by atoms with Gasteiger partial charge < -0.3 is 18.8 Å². The molecular weight excluding hydrogens is 378 g/mol. The molecule has 9 heteroatoms. The lowest BCUT2D eigenvalue weighted by atomic mass is 10.0. The van der Waals surface area contributed by atoms with Crippen LogP contribution in [0.3, 0.4) is 0 Å². The molecule has 2 N–H and O–H groups in total. The van der Waals surface area contributed by atoms with Crippen LogP contribution in [0.1, 0.15) is 22.5 Å². The molecule has 1 amide bonds. The van der Waals surface area contributed by atoms with Crippen molar-refractivity contribution in [3.8, 4) is 0 Å². The minimum absolute atomic E-state index is 0.0565. The number of aromatic amines is 1. The summed E-state index contributed by atoms with van der Waals surface area (Å²) in [5.41, 5.74) is 1.39. The van der Waals surface area contributed by atoms with E-state index in [0.29, 0.717) is 55.7 Å². The quantitative estimate of drug-likeness (QED) is 0.610. The molecule has 2 aromatic heterocycles. The maximum atomic E-state index is 12.6. The fourth-order valence-corrected chi connectivity index (χ4v) is 3.73. The van der Waals surface area contributed by atoms with Crippen molar-refractivity contribution >= 4 is 23.0 Å². The van der Waals surface area contributed by atoms with E-state index in [2.05, 4.69) is 9.88 Å². The number of oxazole rings is 1. The van der Waals surface area contributed by atoms with Gasteiger partial charge in [0.25, 0.3) is 0 Å². The molecule has 3 heterocycles. The van der Waals surface area contributed by atoms with E-state index in [4.69, 9.17) is 8.83 Å². The van der Waals surface area contributed by atoms with Crippen molar-refractivity contribution in [3.05, 3.63) is 58.5 Å². The third-order valence-electron chi connectivity index (χ3n) is 5.23. The number of ketones is 1. The van der Waals surface area contributed by atoms with Gasteiger partial charge in [0, 0.05) is 44.6 Å². The van der Waals surface area contributed by atoms with Crippen molar-refractivity contribution in [2.24, 2.45) is 0 Å². The first kappa shape index (κ1) is 19.0. The van der Waals surface area contributed by atoms with Crippen LogP contribution in [0, 0.1) is 0 Å². The number of carbonyl (C=O) groups is 2. The SMILES string of the molecule is O=C(CCN1CCN(C(=O)O)C(Cc2ccco2)C1)c1ccc2[nH]c(=O)oc2c1. The molecular formula is C20H21N3O6. The van der Waals surface area contributed by atoms with E-state index in [1.54, 1.807) is 30.5 Å². The zero-order chi connectivity index (χ0) is 20.4. The Kier molecular flexibility index (Phi) is 5.22. The van der Waals surface area contributed by atoms with Crippen molar-refractivity contribution in [2.45, 2.75) is 18.9 Å². The fourth-order valence-electron chi connectivity index (χ4n) is 3.73. The van der Waals surface area contributed by atoms with Crippen molar-refractivity contribution in [1.82, 2.24) is 14.8 Å². The summed E-state index contributed by atoms with van der Waals surface area (Å²) in [7, 11) is 0. The van der Waals surface area contributed by atoms with Crippen LogP contribution in [-0.4, -0.2) is 64.0 Å². The molecule has 1 aromatic carbocycles. The number of hydrogen-bond acceptors (Lipinski definition) is 6. The standard InChI is InChI=1S/C20H21N3O6/c24-17(13-3-4-16-18(10-13)29-19(25)21-16)5-6-22-7-8-23(20(26)27)14(12-22)11-15-2-1-9-28-15/h1-4,9-10,14H,5-8,11-12H2,(H,21,25)(H,26,27). The summed E-state index contributed by atoms with van der Waals surface area (Å²) in [6.45, 7) is 2.01. The Bertz CT molecular complexity index is 1070. The van der Waals surface area contributed by atoms with Crippen LogP contribution < -0.4 is 5.76 Å². The average molecular weight is 399 g/mol. The Hall–Kier alpha value is -3.33. The minimum atomic E-state index is -0.946. The number of carbonyl (C=O) groups excluding carboxylic acids is 1. The highest BCUT2D eigenvalue weighted by molar-refractivity contribution is 5.98. The van der Waals surface area contributed by atoms with E-state index in [0.717, 1.165) is 5.76 Å². The first-order valence-electron chi connectivity index (χ1n) is 9.40. The number of fused-ring (bicyclic) bond motifs is 1. The van der Waals surface area contributed by atoms with E-state index in [1.807, 2.05) is 6.07 Å². The zero-order valence-corrected chi connectivity index (χ0v) is 15.7. The Morgan fingerprint density at radius 2 is 2.10 bits per heavy atom. The van der Waals surface area contributed by atoms with Crippen LogP contribution in [0.15, 0.2) is 50.2 Å². The van der Waals surface area contributed by atoms with E-state index < -0.39 is 11.8 Å². The van der Waals surface area contributed by atoms with Crippen LogP contribution in [0.2, 0.25) is 0 Å². The molecule has 1 aliphatic rings. The van der Waals surface area contributed by atoms with Crippen LogP contribution in [0.5, 0.6) is 0 Å². The number of amides is 1. The van der Waals surface area contributed by atoms with Gasteiger partial charge in [-0.3, -0.25) is 14.7 Å². The maximum absolute atomic E-state index is 12.6. The van der Waals surface area contributed by atoms with Crippen LogP contribution >= 0.6 is 0 Å². The number of benzene rings is 1. The topological polar surface area (TPSA) is 120 Å². The number of furan rings is 1. The predicted molar refractivity (Wildman–Crippen MR) is 103 cm³/mol. The first-order valence-corrected chi connectivity index (χ1v) is 9.40. The molecule has 4 rings (SSSR count). The molecule has 0 aliphatic carbocycles. The van der Waals surface area contributed by atoms with Gasteiger partial charge in [-0.1, -0.05) is 0 Å². The molecule has 1 fully saturated rings. The third-order valence-corrected chi connectivity index (χ3v) is 5.23. The van der Waals surface area contributed by atoms with Crippen molar-refractivity contribution in [2.75, 3.05) is 26.2 Å². The van der Waals surface area contributed by atoms with Gasteiger partial charge in [0.2, 0.25) is 0 Å². The number of nitrogens with one attached hydrogen (secondary N) is 1. The van der Waals surface area contributed by atoms with Gasteiger partial charge in [0.15, 0.2) is 11.4 Å². The lowest BCUT2D eigenvalue weighted by Gasteiger charge is -2.39. The molecule has 9 nitrogen and oxygen atoms in total. The van der Waals surface area contributed by atoms with Gasteiger partial charge in [-0.15, -0.1) is 0 Å². The van der Waals surface area contributed by atoms with Crippen LogP contribution in [-0.2, 0) is 6.42 Å². The Labute approximate surface area is 165 Å². The summed E-state index contributed by atoms with van der Waals surface area (Å²) in [6.07, 6.45) is 1.41. The lowest BCUT2D eigenvalue weighted by Crippen LogP contribution is -2.55. The first-order chi connectivity index (χ1) is 14.0. The molecule has 0 bridgehead atoms. The van der Waals surface area contributed by atoms with Gasteiger partial charge in [-0.2, -0.15) is 0 Å². The van der Waals surface area contributed by atoms with Gasteiger partial charge >= 0.3 is 11.8 Å². The number of aromatic nitrogens is 1. The highest BCUT2D eigenvalue weighted by atomic mass is 16.4. The van der Waals surface area contributed by atoms with Crippen molar-refractivity contribution in [3.63, 3.8) is 0 Å². The lowest BCUT2D eigenvalue weighted by molar-refractivity contribution is 0.0630. The highest BCUT2D eigenvalue weighted by Crippen LogP contribution is 2.18. The van der Waals surface area contributed by atoms with E-state index >= 15 is 0 Å². The van der Waals surface area contributed by atoms with Gasteiger partial charge in [0.1, 0.15) is 5.76 Å². The number of H-pyrrole nitrogens is 1. The number of hydrogen-bond donors (Lipinski definition) is 2. The monoisotopic (exact) mass is 399 g/mol.